The number of likely N-dealkylation sites (tertiary alicyclic amines) is 1. The van der Waals surface area contributed by atoms with Gasteiger partial charge in [-0.2, -0.15) is 0 Å². The maximum absolute atomic E-state index is 11.8. The summed E-state index contributed by atoms with van der Waals surface area (Å²) in [4.78, 5) is 35.3. The molecule has 0 aromatic heterocycles. The first-order chi connectivity index (χ1) is 9.49. The van der Waals surface area contributed by atoms with E-state index >= 15 is 0 Å². The maximum atomic E-state index is 11.8. The zero-order chi connectivity index (χ0) is 14.7. The van der Waals surface area contributed by atoms with Gasteiger partial charge in [-0.1, -0.05) is 0 Å². The van der Waals surface area contributed by atoms with E-state index in [1.807, 2.05) is 0 Å². The van der Waals surface area contributed by atoms with Crippen molar-refractivity contribution in [3.63, 3.8) is 0 Å². The number of hydrogen-bond donors (Lipinski definition) is 4. The van der Waals surface area contributed by atoms with E-state index in [4.69, 9.17) is 5.11 Å². The zero-order valence-electron chi connectivity index (χ0n) is 11.0. The van der Waals surface area contributed by atoms with Crippen molar-refractivity contribution in [3.05, 3.63) is 0 Å². The Bertz CT molecular complexity index is 410. The lowest BCUT2D eigenvalue weighted by Gasteiger charge is -2.21. The molecular weight excluding hydrogens is 266 g/mol. The molecule has 2 aliphatic rings. The first-order valence-electron chi connectivity index (χ1n) is 6.72. The Labute approximate surface area is 116 Å². The smallest absolute Gasteiger partial charge is 0.326 e. The second-order valence-electron chi connectivity index (χ2n) is 5.19. The molecule has 2 rings (SSSR count). The van der Waals surface area contributed by atoms with Crippen LogP contribution in [0.5, 0.6) is 0 Å². The fourth-order valence-corrected chi connectivity index (χ4v) is 2.22. The SMILES string of the molecule is O=C(NCCNC(=O)N1CC(O)C[C@H]1C(=O)O)C1CC1. The number of carbonyl (C=O) groups is 3. The summed E-state index contributed by atoms with van der Waals surface area (Å²) >= 11 is 0. The van der Waals surface area contributed by atoms with Gasteiger partial charge in [-0.25, -0.2) is 9.59 Å². The molecule has 2 fully saturated rings. The van der Waals surface area contributed by atoms with Gasteiger partial charge in [0.05, 0.1) is 6.10 Å². The number of aliphatic hydroxyl groups is 1. The van der Waals surface area contributed by atoms with Crippen LogP contribution >= 0.6 is 0 Å². The normalized spacial score (nSPS) is 25.4. The Kier molecular flexibility index (Phi) is 4.43. The number of rotatable bonds is 5. The Morgan fingerprint density at radius 3 is 2.40 bits per heavy atom. The van der Waals surface area contributed by atoms with Gasteiger partial charge in [-0.3, -0.25) is 4.79 Å². The summed E-state index contributed by atoms with van der Waals surface area (Å²) in [5.41, 5.74) is 0. The van der Waals surface area contributed by atoms with Crippen molar-refractivity contribution in [2.24, 2.45) is 5.92 Å². The van der Waals surface area contributed by atoms with Crippen LogP contribution in [-0.2, 0) is 9.59 Å². The van der Waals surface area contributed by atoms with Crippen LogP contribution in [0, 0.1) is 5.92 Å². The summed E-state index contributed by atoms with van der Waals surface area (Å²) in [6.45, 7) is 0.558. The highest BCUT2D eigenvalue weighted by Gasteiger charge is 2.38. The van der Waals surface area contributed by atoms with Crippen molar-refractivity contribution >= 4 is 17.9 Å². The average Bonchev–Trinajstić information content (AvgIpc) is 3.16. The van der Waals surface area contributed by atoms with E-state index in [9.17, 15) is 19.5 Å². The molecule has 1 unspecified atom stereocenters. The van der Waals surface area contributed by atoms with Gasteiger partial charge in [0, 0.05) is 32.0 Å². The number of nitrogens with zero attached hydrogens (tertiary/aromatic N) is 1. The molecule has 4 N–H and O–H groups in total. The van der Waals surface area contributed by atoms with E-state index in [-0.39, 0.29) is 31.3 Å². The number of carbonyl (C=O) groups excluding carboxylic acids is 2. The highest BCUT2D eigenvalue weighted by Crippen LogP contribution is 2.28. The minimum atomic E-state index is -1.13. The zero-order valence-corrected chi connectivity index (χ0v) is 11.0. The van der Waals surface area contributed by atoms with E-state index in [1.54, 1.807) is 0 Å². The van der Waals surface area contributed by atoms with Crippen LogP contribution in [0.2, 0.25) is 0 Å². The van der Waals surface area contributed by atoms with Crippen molar-refractivity contribution < 1.29 is 24.6 Å². The van der Waals surface area contributed by atoms with E-state index in [1.165, 1.54) is 0 Å². The highest BCUT2D eigenvalue weighted by molar-refractivity contribution is 5.83. The molecule has 1 saturated heterocycles. The van der Waals surface area contributed by atoms with Gasteiger partial charge in [0.15, 0.2) is 0 Å². The number of carboxylic acids is 1. The lowest BCUT2D eigenvalue weighted by atomic mass is 10.2. The minimum absolute atomic E-state index is 0.000689. The van der Waals surface area contributed by atoms with Crippen LogP contribution < -0.4 is 10.6 Å². The van der Waals surface area contributed by atoms with Crippen LogP contribution in [0.4, 0.5) is 4.79 Å². The molecule has 20 heavy (non-hydrogen) atoms. The molecule has 8 heteroatoms. The van der Waals surface area contributed by atoms with Crippen molar-refractivity contribution in [1.82, 2.24) is 15.5 Å². The van der Waals surface area contributed by atoms with Crippen molar-refractivity contribution in [2.75, 3.05) is 19.6 Å². The summed E-state index contributed by atoms with van der Waals surface area (Å²) in [6.07, 6.45) is 1.08. The van der Waals surface area contributed by atoms with Gasteiger partial charge in [0.1, 0.15) is 6.04 Å². The lowest BCUT2D eigenvalue weighted by Crippen LogP contribution is -2.47. The maximum Gasteiger partial charge on any atom is 0.326 e. The summed E-state index contributed by atoms with van der Waals surface area (Å²) in [7, 11) is 0. The molecule has 0 aromatic rings. The van der Waals surface area contributed by atoms with Gasteiger partial charge < -0.3 is 25.7 Å². The molecule has 0 aromatic carbocycles. The predicted molar refractivity (Wildman–Crippen MR) is 67.9 cm³/mol. The summed E-state index contributed by atoms with van der Waals surface area (Å²) in [6, 6.07) is -1.53. The molecule has 0 radical (unpaired) electrons. The number of carboxylic acid groups (broad SMARTS) is 1. The number of urea groups is 1. The second kappa shape index (κ2) is 6.08. The summed E-state index contributed by atoms with van der Waals surface area (Å²) in [5.74, 6) is -1.01. The third kappa shape index (κ3) is 3.60. The Hall–Kier alpha value is -1.83. The van der Waals surface area contributed by atoms with E-state index in [0.29, 0.717) is 6.54 Å². The Balaban J connectivity index is 1.70. The molecule has 0 bridgehead atoms. The topological polar surface area (TPSA) is 119 Å². The number of amides is 3. The summed E-state index contributed by atoms with van der Waals surface area (Å²) in [5, 5.41) is 23.6. The van der Waals surface area contributed by atoms with Crippen LogP contribution in [0.3, 0.4) is 0 Å². The Morgan fingerprint density at radius 1 is 1.15 bits per heavy atom. The third-order valence-electron chi connectivity index (χ3n) is 3.47. The van der Waals surface area contributed by atoms with E-state index < -0.39 is 24.1 Å². The molecule has 1 heterocycles. The van der Waals surface area contributed by atoms with E-state index in [0.717, 1.165) is 17.7 Å². The number of aliphatic hydroxyl groups excluding tert-OH is 1. The lowest BCUT2D eigenvalue weighted by molar-refractivity contribution is -0.141. The third-order valence-corrected chi connectivity index (χ3v) is 3.47. The molecule has 1 saturated carbocycles. The largest absolute Gasteiger partial charge is 0.480 e. The molecule has 0 spiro atoms. The quantitative estimate of drug-likeness (QED) is 0.470. The first kappa shape index (κ1) is 14.6. The standard InChI is InChI=1S/C12H19N3O5/c16-8-5-9(11(18)19)15(6-8)12(20)14-4-3-13-10(17)7-1-2-7/h7-9,16H,1-6H2,(H,13,17)(H,14,20)(H,18,19)/t8?,9-/m0/s1. The number of nitrogens with one attached hydrogen (secondary N) is 2. The number of aliphatic carboxylic acids is 1. The molecule has 1 aliphatic heterocycles. The average molecular weight is 285 g/mol. The fraction of sp³-hybridized carbons (Fsp3) is 0.750. The highest BCUT2D eigenvalue weighted by atomic mass is 16.4. The molecule has 2 atom stereocenters. The monoisotopic (exact) mass is 285 g/mol. The Morgan fingerprint density at radius 2 is 1.80 bits per heavy atom. The van der Waals surface area contributed by atoms with Crippen LogP contribution in [0.25, 0.3) is 0 Å². The molecular formula is C12H19N3O5. The predicted octanol–water partition coefficient (Wildman–Crippen LogP) is -1.26. The van der Waals surface area contributed by atoms with Gasteiger partial charge in [0.25, 0.3) is 0 Å². The van der Waals surface area contributed by atoms with Crippen molar-refractivity contribution in [1.29, 1.82) is 0 Å². The second-order valence-corrected chi connectivity index (χ2v) is 5.19. The molecule has 112 valence electrons. The molecule has 8 nitrogen and oxygen atoms in total. The van der Waals surface area contributed by atoms with Crippen molar-refractivity contribution in [2.45, 2.75) is 31.4 Å². The van der Waals surface area contributed by atoms with Gasteiger partial charge >= 0.3 is 12.0 Å². The first-order valence-corrected chi connectivity index (χ1v) is 6.72. The number of hydrogen-bond acceptors (Lipinski definition) is 4. The van der Waals surface area contributed by atoms with Crippen LogP contribution in [0.15, 0.2) is 0 Å². The van der Waals surface area contributed by atoms with Crippen LogP contribution in [-0.4, -0.2) is 64.8 Å². The van der Waals surface area contributed by atoms with Gasteiger partial charge in [0.2, 0.25) is 5.91 Å². The minimum Gasteiger partial charge on any atom is -0.480 e. The van der Waals surface area contributed by atoms with Gasteiger partial charge in [-0.15, -0.1) is 0 Å². The van der Waals surface area contributed by atoms with E-state index in [2.05, 4.69) is 10.6 Å². The van der Waals surface area contributed by atoms with Crippen LogP contribution in [0.1, 0.15) is 19.3 Å². The fourth-order valence-electron chi connectivity index (χ4n) is 2.22. The molecule has 3 amide bonds. The van der Waals surface area contributed by atoms with Gasteiger partial charge in [-0.05, 0) is 12.8 Å². The van der Waals surface area contributed by atoms with Crippen molar-refractivity contribution in [3.8, 4) is 0 Å². The number of β-amino-alcohol motifs (C(OH)–C–C–N with tert-alkyl or cyclic N) is 1. The summed E-state index contributed by atoms with van der Waals surface area (Å²) < 4.78 is 0. The molecule has 1 aliphatic carbocycles.